The van der Waals surface area contributed by atoms with Crippen molar-refractivity contribution in [3.05, 3.63) is 69.7 Å². The number of hydrogen-bond donors (Lipinski definition) is 1. The standard InChI is InChI=1S/C19H14Cl2O2/c1-11-8-13-9-15(21)6-7-16(13)19(17(11)10-18(22)23)12-2-4-14(20)5-3-12/h2-9H,10H2,1H3,(H,22,23). The fraction of sp³-hybridized carbons (Fsp3) is 0.105. The number of carboxylic acids is 1. The van der Waals surface area contributed by atoms with Crippen LogP contribution < -0.4 is 0 Å². The fourth-order valence-corrected chi connectivity index (χ4v) is 3.19. The van der Waals surface area contributed by atoms with Crippen LogP contribution in [0.3, 0.4) is 0 Å². The van der Waals surface area contributed by atoms with Gasteiger partial charge in [-0.15, -0.1) is 0 Å². The Kier molecular flexibility index (Phi) is 4.29. The van der Waals surface area contributed by atoms with Gasteiger partial charge < -0.3 is 5.11 Å². The molecule has 0 bridgehead atoms. The Morgan fingerprint density at radius 3 is 2.30 bits per heavy atom. The molecule has 3 aromatic rings. The van der Waals surface area contributed by atoms with E-state index in [1.807, 2.05) is 55.5 Å². The van der Waals surface area contributed by atoms with E-state index in [-0.39, 0.29) is 6.42 Å². The van der Waals surface area contributed by atoms with Crippen LogP contribution in [0, 0.1) is 6.92 Å². The second kappa shape index (κ2) is 6.23. The van der Waals surface area contributed by atoms with Crippen molar-refractivity contribution in [3.8, 4) is 11.1 Å². The molecule has 4 heteroatoms. The molecule has 23 heavy (non-hydrogen) atoms. The van der Waals surface area contributed by atoms with Gasteiger partial charge in [0, 0.05) is 10.0 Å². The third kappa shape index (κ3) is 3.19. The van der Waals surface area contributed by atoms with Crippen LogP contribution in [0.2, 0.25) is 10.0 Å². The monoisotopic (exact) mass is 344 g/mol. The molecule has 0 heterocycles. The predicted octanol–water partition coefficient (Wildman–Crippen LogP) is 5.75. The van der Waals surface area contributed by atoms with Crippen LogP contribution in [-0.4, -0.2) is 11.1 Å². The maximum Gasteiger partial charge on any atom is 0.307 e. The van der Waals surface area contributed by atoms with Crippen LogP contribution in [0.5, 0.6) is 0 Å². The number of aliphatic carboxylic acids is 1. The summed E-state index contributed by atoms with van der Waals surface area (Å²) in [6.07, 6.45) is -0.0254. The molecule has 0 spiro atoms. The molecule has 3 aromatic carbocycles. The number of halogens is 2. The van der Waals surface area contributed by atoms with Crippen LogP contribution in [0.4, 0.5) is 0 Å². The molecule has 0 aliphatic heterocycles. The molecule has 0 fully saturated rings. The van der Waals surface area contributed by atoms with Gasteiger partial charge in [0.1, 0.15) is 0 Å². The van der Waals surface area contributed by atoms with E-state index >= 15 is 0 Å². The topological polar surface area (TPSA) is 37.3 Å². The molecule has 0 amide bonds. The first-order valence-corrected chi connectivity index (χ1v) is 7.91. The summed E-state index contributed by atoms with van der Waals surface area (Å²) in [6.45, 7) is 1.93. The molecule has 2 nitrogen and oxygen atoms in total. The Hall–Kier alpha value is -2.03. The average molecular weight is 345 g/mol. The molecule has 0 atom stereocenters. The van der Waals surface area contributed by atoms with E-state index in [0.717, 1.165) is 33.0 Å². The SMILES string of the molecule is Cc1cc2cc(Cl)ccc2c(-c2ccc(Cl)cc2)c1CC(=O)O. The van der Waals surface area contributed by atoms with Crippen LogP contribution in [0.1, 0.15) is 11.1 Å². The summed E-state index contributed by atoms with van der Waals surface area (Å²) in [4.78, 5) is 11.3. The molecule has 0 aromatic heterocycles. The summed E-state index contributed by atoms with van der Waals surface area (Å²) in [5.41, 5.74) is 3.62. The molecule has 3 rings (SSSR count). The molecule has 1 N–H and O–H groups in total. The minimum absolute atomic E-state index is 0.0254. The quantitative estimate of drug-likeness (QED) is 0.656. The molecule has 0 radical (unpaired) electrons. The number of fused-ring (bicyclic) bond motifs is 1. The van der Waals surface area contributed by atoms with Gasteiger partial charge in [0.05, 0.1) is 6.42 Å². The van der Waals surface area contributed by atoms with Gasteiger partial charge in [0.25, 0.3) is 0 Å². The molecular formula is C19H14Cl2O2. The summed E-state index contributed by atoms with van der Waals surface area (Å²) in [5, 5.41) is 12.6. The average Bonchev–Trinajstić information content (AvgIpc) is 2.49. The van der Waals surface area contributed by atoms with Crippen molar-refractivity contribution in [3.63, 3.8) is 0 Å². The molecule has 0 aliphatic carbocycles. The first-order chi connectivity index (χ1) is 11.0. The van der Waals surface area contributed by atoms with Crippen molar-refractivity contribution in [1.82, 2.24) is 0 Å². The Morgan fingerprint density at radius 2 is 1.65 bits per heavy atom. The van der Waals surface area contributed by atoms with Gasteiger partial charge in [-0.25, -0.2) is 0 Å². The van der Waals surface area contributed by atoms with Crippen molar-refractivity contribution in [2.24, 2.45) is 0 Å². The van der Waals surface area contributed by atoms with Crippen LogP contribution in [0.25, 0.3) is 21.9 Å². The molecular weight excluding hydrogens is 331 g/mol. The first kappa shape index (κ1) is 15.9. The minimum atomic E-state index is -0.850. The molecule has 0 unspecified atom stereocenters. The highest BCUT2D eigenvalue weighted by Crippen LogP contribution is 2.36. The smallest absolute Gasteiger partial charge is 0.307 e. The fourth-order valence-electron chi connectivity index (χ4n) is 2.89. The number of rotatable bonds is 3. The molecule has 0 saturated carbocycles. The van der Waals surface area contributed by atoms with Crippen molar-refractivity contribution >= 4 is 39.9 Å². The van der Waals surface area contributed by atoms with Crippen LogP contribution in [0.15, 0.2) is 48.5 Å². The predicted molar refractivity (Wildman–Crippen MR) is 95.5 cm³/mol. The van der Waals surface area contributed by atoms with Gasteiger partial charge in [0.15, 0.2) is 0 Å². The highest BCUT2D eigenvalue weighted by molar-refractivity contribution is 6.31. The summed E-state index contributed by atoms with van der Waals surface area (Å²) in [5.74, 6) is -0.850. The van der Waals surface area contributed by atoms with Crippen molar-refractivity contribution in [2.75, 3.05) is 0 Å². The molecule has 0 saturated heterocycles. The summed E-state index contributed by atoms with van der Waals surface area (Å²) < 4.78 is 0. The van der Waals surface area contributed by atoms with Gasteiger partial charge >= 0.3 is 5.97 Å². The minimum Gasteiger partial charge on any atom is -0.481 e. The zero-order valence-corrected chi connectivity index (χ0v) is 13.9. The Labute approximate surface area is 144 Å². The van der Waals surface area contributed by atoms with E-state index < -0.39 is 5.97 Å². The maximum atomic E-state index is 11.3. The normalized spacial score (nSPS) is 10.9. The Morgan fingerprint density at radius 1 is 1.00 bits per heavy atom. The third-order valence-corrected chi connectivity index (χ3v) is 4.38. The van der Waals surface area contributed by atoms with E-state index in [2.05, 4.69) is 0 Å². The van der Waals surface area contributed by atoms with E-state index in [4.69, 9.17) is 23.2 Å². The maximum absolute atomic E-state index is 11.3. The van der Waals surface area contributed by atoms with E-state index in [1.165, 1.54) is 0 Å². The van der Waals surface area contributed by atoms with Gasteiger partial charge in [-0.3, -0.25) is 4.79 Å². The zero-order chi connectivity index (χ0) is 16.6. The second-order valence-corrected chi connectivity index (χ2v) is 6.36. The van der Waals surface area contributed by atoms with Gasteiger partial charge in [-0.2, -0.15) is 0 Å². The summed E-state index contributed by atoms with van der Waals surface area (Å²) >= 11 is 12.1. The largest absolute Gasteiger partial charge is 0.481 e. The van der Waals surface area contributed by atoms with Crippen LogP contribution in [-0.2, 0) is 11.2 Å². The lowest BCUT2D eigenvalue weighted by molar-refractivity contribution is -0.136. The van der Waals surface area contributed by atoms with E-state index in [1.54, 1.807) is 0 Å². The number of aryl methyl sites for hydroxylation is 1. The Bertz CT molecular complexity index is 899. The lowest BCUT2D eigenvalue weighted by Crippen LogP contribution is -2.05. The van der Waals surface area contributed by atoms with Gasteiger partial charge in [-0.05, 0) is 64.2 Å². The summed E-state index contributed by atoms with van der Waals surface area (Å²) in [6, 6.07) is 15.1. The Balaban J connectivity index is 2.37. The number of hydrogen-bond acceptors (Lipinski definition) is 1. The number of carboxylic acid groups (broad SMARTS) is 1. The summed E-state index contributed by atoms with van der Waals surface area (Å²) in [7, 11) is 0. The van der Waals surface area contributed by atoms with Crippen LogP contribution >= 0.6 is 23.2 Å². The molecule has 116 valence electrons. The second-order valence-electron chi connectivity index (χ2n) is 5.49. The lowest BCUT2D eigenvalue weighted by Gasteiger charge is -2.16. The van der Waals surface area contributed by atoms with Crippen molar-refractivity contribution in [2.45, 2.75) is 13.3 Å². The molecule has 0 aliphatic rings. The van der Waals surface area contributed by atoms with Gasteiger partial charge in [0.2, 0.25) is 0 Å². The van der Waals surface area contributed by atoms with Crippen molar-refractivity contribution in [1.29, 1.82) is 0 Å². The zero-order valence-electron chi connectivity index (χ0n) is 12.4. The highest BCUT2D eigenvalue weighted by atomic mass is 35.5. The van der Waals surface area contributed by atoms with Crippen molar-refractivity contribution < 1.29 is 9.90 Å². The number of carbonyl (C=O) groups is 1. The van der Waals surface area contributed by atoms with E-state index in [0.29, 0.717) is 10.0 Å². The number of benzene rings is 3. The lowest BCUT2D eigenvalue weighted by atomic mass is 9.88. The first-order valence-electron chi connectivity index (χ1n) is 7.15. The van der Waals surface area contributed by atoms with Gasteiger partial charge in [-0.1, -0.05) is 47.5 Å². The van der Waals surface area contributed by atoms with E-state index in [9.17, 15) is 9.90 Å². The highest BCUT2D eigenvalue weighted by Gasteiger charge is 2.16. The third-order valence-electron chi connectivity index (χ3n) is 3.89.